The van der Waals surface area contributed by atoms with Gasteiger partial charge in [0.05, 0.1) is 0 Å². The number of nitrogens with one attached hydrogen (secondary N) is 2. The van der Waals surface area contributed by atoms with Crippen LogP contribution in [0.5, 0.6) is 0 Å². The lowest BCUT2D eigenvalue weighted by atomic mass is 9.96. The van der Waals surface area contributed by atoms with Crippen LogP contribution in [0.25, 0.3) is 5.95 Å². The fourth-order valence-corrected chi connectivity index (χ4v) is 2.59. The highest BCUT2D eigenvalue weighted by Gasteiger charge is 2.15. The van der Waals surface area contributed by atoms with Crippen molar-refractivity contribution >= 4 is 11.9 Å². The zero-order valence-corrected chi connectivity index (χ0v) is 12.3. The Bertz CT molecular complexity index is 561. The van der Waals surface area contributed by atoms with Crippen molar-refractivity contribution in [3.63, 3.8) is 0 Å². The molecule has 0 amide bonds. The lowest BCUT2D eigenvalue weighted by Gasteiger charge is -2.23. The zero-order chi connectivity index (χ0) is 14.5. The molecule has 1 saturated carbocycles. The van der Waals surface area contributed by atoms with E-state index in [-0.39, 0.29) is 0 Å². The highest BCUT2D eigenvalue weighted by molar-refractivity contribution is 5.38. The van der Waals surface area contributed by atoms with Crippen molar-refractivity contribution < 1.29 is 0 Å². The third-order valence-electron chi connectivity index (χ3n) is 3.63. The second kappa shape index (κ2) is 6.51. The van der Waals surface area contributed by atoms with E-state index in [1.165, 1.54) is 32.1 Å². The summed E-state index contributed by atoms with van der Waals surface area (Å²) in [5, 5.41) is 6.60. The first-order chi connectivity index (χ1) is 10.3. The van der Waals surface area contributed by atoms with E-state index in [1.807, 2.05) is 13.1 Å². The van der Waals surface area contributed by atoms with Gasteiger partial charge < -0.3 is 10.6 Å². The van der Waals surface area contributed by atoms with Crippen molar-refractivity contribution in [3.8, 4) is 5.95 Å². The van der Waals surface area contributed by atoms with Crippen molar-refractivity contribution in [2.45, 2.75) is 45.1 Å². The molecule has 112 valence electrons. The standard InChI is InChI=1S/C14H21N7/c1-2-16-12-18-13(17-11-6-4-3-5-7-11)20-14(19-12)21-9-8-15-10-21/h8-11H,2-7H2,1H3,(H2,16,17,18,19,20). The first kappa shape index (κ1) is 13.8. The molecule has 1 aliphatic rings. The Morgan fingerprint density at radius 1 is 1.14 bits per heavy atom. The molecule has 2 heterocycles. The van der Waals surface area contributed by atoms with Gasteiger partial charge in [-0.2, -0.15) is 15.0 Å². The van der Waals surface area contributed by atoms with Crippen LogP contribution in [0.15, 0.2) is 18.7 Å². The summed E-state index contributed by atoms with van der Waals surface area (Å²) in [5.41, 5.74) is 0. The number of imidazole rings is 1. The summed E-state index contributed by atoms with van der Waals surface area (Å²) in [7, 11) is 0. The van der Waals surface area contributed by atoms with Crippen LogP contribution < -0.4 is 10.6 Å². The second-order valence-corrected chi connectivity index (χ2v) is 5.26. The van der Waals surface area contributed by atoms with Crippen molar-refractivity contribution in [2.75, 3.05) is 17.2 Å². The number of aromatic nitrogens is 5. The maximum absolute atomic E-state index is 4.50. The smallest absolute Gasteiger partial charge is 0.241 e. The molecule has 2 aromatic rings. The average Bonchev–Trinajstić information content (AvgIpc) is 3.03. The number of hydrogen-bond donors (Lipinski definition) is 2. The van der Waals surface area contributed by atoms with Crippen LogP contribution in [-0.4, -0.2) is 37.1 Å². The molecule has 0 bridgehead atoms. The summed E-state index contributed by atoms with van der Waals surface area (Å²) in [6.07, 6.45) is 11.5. The van der Waals surface area contributed by atoms with Gasteiger partial charge in [0.2, 0.25) is 17.8 Å². The number of nitrogens with zero attached hydrogens (tertiary/aromatic N) is 5. The molecular formula is C14H21N7. The van der Waals surface area contributed by atoms with Crippen molar-refractivity contribution in [1.82, 2.24) is 24.5 Å². The Hall–Kier alpha value is -2.18. The van der Waals surface area contributed by atoms with Gasteiger partial charge in [-0.15, -0.1) is 0 Å². The molecule has 2 aromatic heterocycles. The number of hydrogen-bond acceptors (Lipinski definition) is 6. The van der Waals surface area contributed by atoms with Crippen LogP contribution >= 0.6 is 0 Å². The van der Waals surface area contributed by atoms with Crippen LogP contribution in [0, 0.1) is 0 Å². The minimum atomic E-state index is 0.464. The van der Waals surface area contributed by atoms with Crippen LogP contribution in [0.2, 0.25) is 0 Å². The number of rotatable bonds is 5. The predicted molar refractivity (Wildman–Crippen MR) is 81.6 cm³/mol. The molecular weight excluding hydrogens is 266 g/mol. The van der Waals surface area contributed by atoms with E-state index in [0.29, 0.717) is 23.9 Å². The lowest BCUT2D eigenvalue weighted by molar-refractivity contribution is 0.460. The molecule has 2 N–H and O–H groups in total. The van der Waals surface area contributed by atoms with Gasteiger partial charge in [-0.1, -0.05) is 19.3 Å². The minimum Gasteiger partial charge on any atom is -0.354 e. The van der Waals surface area contributed by atoms with E-state index in [2.05, 4.69) is 30.6 Å². The Morgan fingerprint density at radius 2 is 1.95 bits per heavy atom. The van der Waals surface area contributed by atoms with Crippen molar-refractivity contribution in [2.24, 2.45) is 0 Å². The lowest BCUT2D eigenvalue weighted by Crippen LogP contribution is -2.24. The van der Waals surface area contributed by atoms with E-state index in [4.69, 9.17) is 0 Å². The third kappa shape index (κ3) is 3.48. The van der Waals surface area contributed by atoms with Gasteiger partial charge in [0.15, 0.2) is 0 Å². The Morgan fingerprint density at radius 3 is 2.67 bits per heavy atom. The molecule has 0 saturated heterocycles. The molecule has 0 unspecified atom stereocenters. The van der Waals surface area contributed by atoms with Gasteiger partial charge in [-0.25, -0.2) is 4.98 Å². The van der Waals surface area contributed by atoms with E-state index in [9.17, 15) is 0 Å². The normalized spacial score (nSPS) is 15.9. The van der Waals surface area contributed by atoms with Gasteiger partial charge >= 0.3 is 0 Å². The van der Waals surface area contributed by atoms with Crippen molar-refractivity contribution in [1.29, 1.82) is 0 Å². The summed E-state index contributed by atoms with van der Waals surface area (Å²) in [6, 6.07) is 0.464. The Balaban J connectivity index is 1.84. The average molecular weight is 287 g/mol. The SMILES string of the molecule is CCNc1nc(NC2CCCCC2)nc(-n2ccnc2)n1. The molecule has 3 rings (SSSR count). The topological polar surface area (TPSA) is 80.5 Å². The van der Waals surface area contributed by atoms with Gasteiger partial charge in [0.25, 0.3) is 0 Å². The first-order valence-electron chi connectivity index (χ1n) is 7.60. The quantitative estimate of drug-likeness (QED) is 0.877. The van der Waals surface area contributed by atoms with Crippen LogP contribution in [-0.2, 0) is 0 Å². The summed E-state index contributed by atoms with van der Waals surface area (Å²) in [6.45, 7) is 2.80. The largest absolute Gasteiger partial charge is 0.354 e. The Kier molecular flexibility index (Phi) is 4.28. The van der Waals surface area contributed by atoms with E-state index >= 15 is 0 Å². The van der Waals surface area contributed by atoms with Gasteiger partial charge in [0.1, 0.15) is 6.33 Å². The summed E-state index contributed by atoms with van der Waals surface area (Å²) < 4.78 is 1.79. The molecule has 0 aliphatic heterocycles. The van der Waals surface area contributed by atoms with Gasteiger partial charge in [0, 0.05) is 25.0 Å². The maximum Gasteiger partial charge on any atom is 0.241 e. The van der Waals surface area contributed by atoms with E-state index in [1.54, 1.807) is 17.1 Å². The van der Waals surface area contributed by atoms with Crippen LogP contribution in [0.3, 0.4) is 0 Å². The fraction of sp³-hybridized carbons (Fsp3) is 0.571. The van der Waals surface area contributed by atoms with Crippen molar-refractivity contribution in [3.05, 3.63) is 18.7 Å². The molecule has 7 heteroatoms. The highest BCUT2D eigenvalue weighted by Crippen LogP contribution is 2.20. The molecule has 0 atom stereocenters. The predicted octanol–water partition coefficient (Wildman–Crippen LogP) is 2.23. The molecule has 1 aliphatic carbocycles. The molecule has 0 spiro atoms. The van der Waals surface area contributed by atoms with Gasteiger partial charge in [-0.05, 0) is 19.8 Å². The molecule has 7 nitrogen and oxygen atoms in total. The summed E-state index contributed by atoms with van der Waals surface area (Å²) in [4.78, 5) is 17.4. The highest BCUT2D eigenvalue weighted by atomic mass is 15.3. The molecule has 1 fully saturated rings. The third-order valence-corrected chi connectivity index (χ3v) is 3.63. The monoisotopic (exact) mass is 287 g/mol. The fourth-order valence-electron chi connectivity index (χ4n) is 2.59. The summed E-state index contributed by atoms with van der Waals surface area (Å²) >= 11 is 0. The summed E-state index contributed by atoms with van der Waals surface area (Å²) in [5.74, 6) is 1.81. The van der Waals surface area contributed by atoms with Crippen LogP contribution in [0.1, 0.15) is 39.0 Å². The number of anilines is 2. The molecule has 0 aromatic carbocycles. The molecule has 21 heavy (non-hydrogen) atoms. The van der Waals surface area contributed by atoms with E-state index in [0.717, 1.165) is 6.54 Å². The Labute approximate surface area is 124 Å². The zero-order valence-electron chi connectivity index (χ0n) is 12.3. The van der Waals surface area contributed by atoms with Gasteiger partial charge in [-0.3, -0.25) is 4.57 Å². The molecule has 0 radical (unpaired) electrons. The second-order valence-electron chi connectivity index (χ2n) is 5.26. The van der Waals surface area contributed by atoms with E-state index < -0.39 is 0 Å². The first-order valence-corrected chi connectivity index (χ1v) is 7.60. The minimum absolute atomic E-state index is 0.464. The maximum atomic E-state index is 4.50. The van der Waals surface area contributed by atoms with Crippen LogP contribution in [0.4, 0.5) is 11.9 Å².